The first-order chi connectivity index (χ1) is 9.62. The van der Waals surface area contributed by atoms with Crippen LogP contribution in [0, 0.1) is 0 Å². The third-order valence-corrected chi connectivity index (χ3v) is 4.48. The van der Waals surface area contributed by atoms with Gasteiger partial charge in [-0.2, -0.15) is 0 Å². The number of furan rings is 1. The van der Waals surface area contributed by atoms with Crippen molar-refractivity contribution in [1.82, 2.24) is 9.62 Å². The number of hydrogen-bond acceptors (Lipinski definition) is 6. The van der Waals surface area contributed by atoms with Crippen LogP contribution in [0.25, 0.3) is 0 Å². The average molecular weight is 303 g/mol. The molecule has 1 aromatic rings. The van der Waals surface area contributed by atoms with E-state index in [-0.39, 0.29) is 11.6 Å². The van der Waals surface area contributed by atoms with Gasteiger partial charge in [0.2, 0.25) is 5.09 Å². The van der Waals surface area contributed by atoms with Gasteiger partial charge in [-0.3, -0.25) is 4.90 Å². The fraction of sp³-hybridized carbons (Fsp3) is 0.667. The fourth-order valence-corrected chi connectivity index (χ4v) is 3.04. The predicted octanol–water partition coefficient (Wildman–Crippen LogP) is -0.261. The van der Waals surface area contributed by atoms with Gasteiger partial charge in [-0.05, 0) is 25.1 Å². The lowest BCUT2D eigenvalue weighted by Crippen LogP contribution is -2.38. The zero-order chi connectivity index (χ0) is 14.4. The number of nitrogens with one attached hydrogen (secondary N) is 1. The Balaban J connectivity index is 1.74. The highest BCUT2D eigenvalue weighted by Gasteiger charge is 2.18. The van der Waals surface area contributed by atoms with Crippen LogP contribution in [0.15, 0.2) is 21.6 Å². The summed E-state index contributed by atoms with van der Waals surface area (Å²) in [7, 11) is -3.57. The van der Waals surface area contributed by atoms with Crippen molar-refractivity contribution in [3.63, 3.8) is 0 Å². The first-order valence-corrected chi connectivity index (χ1v) is 8.19. The molecule has 0 unspecified atom stereocenters. The Morgan fingerprint density at radius 3 is 2.70 bits per heavy atom. The van der Waals surface area contributed by atoms with E-state index in [1.54, 1.807) is 6.07 Å². The van der Waals surface area contributed by atoms with Crippen LogP contribution in [0.1, 0.15) is 12.2 Å². The summed E-state index contributed by atoms with van der Waals surface area (Å²) in [5, 5.41) is -0.0793. The molecule has 114 valence electrons. The summed E-state index contributed by atoms with van der Waals surface area (Å²) in [6, 6.07) is 2.99. The molecule has 0 spiro atoms. The number of nitrogens with zero attached hydrogens (tertiary/aromatic N) is 1. The Hall–Kier alpha value is -0.930. The Bertz CT molecular complexity index is 509. The molecule has 1 aliphatic rings. The number of sulfonamides is 1. The largest absolute Gasteiger partial charge is 0.447 e. The van der Waals surface area contributed by atoms with Gasteiger partial charge < -0.3 is 14.9 Å². The quantitative estimate of drug-likeness (QED) is 0.674. The molecule has 1 aliphatic heterocycles. The summed E-state index contributed by atoms with van der Waals surface area (Å²) in [4.78, 5) is 2.26. The van der Waals surface area contributed by atoms with Crippen molar-refractivity contribution in [2.24, 2.45) is 5.73 Å². The minimum Gasteiger partial charge on any atom is -0.447 e. The van der Waals surface area contributed by atoms with Gasteiger partial charge in [0.1, 0.15) is 5.76 Å². The maximum absolute atomic E-state index is 11.9. The summed E-state index contributed by atoms with van der Waals surface area (Å²) >= 11 is 0. The van der Waals surface area contributed by atoms with E-state index in [0.717, 1.165) is 39.3 Å². The number of hydrogen-bond donors (Lipinski definition) is 2. The third kappa shape index (κ3) is 4.29. The zero-order valence-electron chi connectivity index (χ0n) is 11.4. The molecular weight excluding hydrogens is 282 g/mol. The summed E-state index contributed by atoms with van der Waals surface area (Å²) in [6.45, 7) is 4.75. The van der Waals surface area contributed by atoms with Gasteiger partial charge in [0.15, 0.2) is 0 Å². The van der Waals surface area contributed by atoms with Crippen molar-refractivity contribution < 1.29 is 17.6 Å². The molecule has 1 fully saturated rings. The molecule has 0 atom stereocenters. The molecule has 0 aromatic carbocycles. The molecule has 0 saturated carbocycles. The molecular formula is C12H21N3O4S. The second-order valence-electron chi connectivity index (χ2n) is 4.63. The van der Waals surface area contributed by atoms with Crippen LogP contribution in [-0.4, -0.2) is 52.7 Å². The van der Waals surface area contributed by atoms with Crippen molar-refractivity contribution in [1.29, 1.82) is 0 Å². The number of ether oxygens (including phenoxy) is 1. The maximum Gasteiger partial charge on any atom is 0.273 e. The van der Waals surface area contributed by atoms with Gasteiger partial charge in [-0.15, -0.1) is 0 Å². The van der Waals surface area contributed by atoms with Crippen molar-refractivity contribution >= 4 is 10.0 Å². The summed E-state index contributed by atoms with van der Waals surface area (Å²) < 4.78 is 36.8. The van der Waals surface area contributed by atoms with Crippen molar-refractivity contribution in [2.75, 3.05) is 39.4 Å². The first-order valence-electron chi connectivity index (χ1n) is 6.70. The zero-order valence-corrected chi connectivity index (χ0v) is 12.2. The molecule has 1 aromatic heterocycles. The highest BCUT2D eigenvalue weighted by atomic mass is 32.2. The minimum atomic E-state index is -3.57. The topological polar surface area (TPSA) is 97.8 Å². The highest BCUT2D eigenvalue weighted by molar-refractivity contribution is 7.89. The van der Waals surface area contributed by atoms with Gasteiger partial charge in [-0.25, -0.2) is 13.1 Å². The van der Waals surface area contributed by atoms with Crippen molar-refractivity contribution in [2.45, 2.75) is 18.1 Å². The van der Waals surface area contributed by atoms with E-state index in [0.29, 0.717) is 12.3 Å². The lowest BCUT2D eigenvalue weighted by atomic mass is 10.3. The minimum absolute atomic E-state index is 0.0793. The van der Waals surface area contributed by atoms with Gasteiger partial charge in [-0.1, -0.05) is 0 Å². The molecule has 2 rings (SSSR count). The molecule has 3 N–H and O–H groups in total. The van der Waals surface area contributed by atoms with Crippen molar-refractivity contribution in [3.05, 3.63) is 17.9 Å². The van der Waals surface area contributed by atoms with Crippen molar-refractivity contribution in [3.8, 4) is 0 Å². The van der Waals surface area contributed by atoms with Gasteiger partial charge in [0, 0.05) is 19.6 Å². The molecule has 0 amide bonds. The summed E-state index contributed by atoms with van der Waals surface area (Å²) in [6.07, 6.45) is 0.754. The molecule has 8 heteroatoms. The molecule has 1 saturated heterocycles. The monoisotopic (exact) mass is 303 g/mol. The van der Waals surface area contributed by atoms with Crippen LogP contribution < -0.4 is 10.5 Å². The van der Waals surface area contributed by atoms with E-state index in [9.17, 15) is 8.42 Å². The number of nitrogens with two attached hydrogens (primary N) is 1. The Morgan fingerprint density at radius 1 is 1.30 bits per heavy atom. The van der Waals surface area contributed by atoms with Crippen LogP contribution in [0.4, 0.5) is 0 Å². The molecule has 0 bridgehead atoms. The van der Waals surface area contributed by atoms with Gasteiger partial charge in [0.05, 0.1) is 19.8 Å². The standard InChI is InChI=1S/C12H21N3O4S/c13-10-11-2-3-12(19-11)20(16,17)14-4-1-5-15-6-8-18-9-7-15/h2-3,14H,1,4-10,13H2. The van der Waals surface area contributed by atoms with Crippen LogP contribution in [0.2, 0.25) is 0 Å². The highest BCUT2D eigenvalue weighted by Crippen LogP contribution is 2.13. The van der Waals surface area contributed by atoms with Gasteiger partial charge >= 0.3 is 0 Å². The lowest BCUT2D eigenvalue weighted by Gasteiger charge is -2.26. The summed E-state index contributed by atoms with van der Waals surface area (Å²) in [5.41, 5.74) is 5.39. The lowest BCUT2D eigenvalue weighted by molar-refractivity contribution is 0.0376. The molecule has 2 heterocycles. The molecule has 0 radical (unpaired) electrons. The molecule has 20 heavy (non-hydrogen) atoms. The Labute approximate surface area is 119 Å². The van der Waals surface area contributed by atoms with E-state index in [1.807, 2.05) is 0 Å². The summed E-state index contributed by atoms with van der Waals surface area (Å²) in [5.74, 6) is 0.457. The normalized spacial score (nSPS) is 17.4. The van der Waals surface area contributed by atoms with E-state index in [2.05, 4.69) is 9.62 Å². The second kappa shape index (κ2) is 7.19. The first kappa shape index (κ1) is 15.5. The second-order valence-corrected chi connectivity index (χ2v) is 6.33. The van der Waals surface area contributed by atoms with Crippen LogP contribution in [0.5, 0.6) is 0 Å². The molecule has 0 aliphatic carbocycles. The van der Waals surface area contributed by atoms with Crippen LogP contribution >= 0.6 is 0 Å². The third-order valence-electron chi connectivity index (χ3n) is 3.15. The van der Waals surface area contributed by atoms with Crippen LogP contribution in [-0.2, 0) is 21.3 Å². The predicted molar refractivity (Wildman–Crippen MR) is 73.7 cm³/mol. The fourth-order valence-electron chi connectivity index (χ4n) is 2.02. The number of morpholine rings is 1. The SMILES string of the molecule is NCc1ccc(S(=O)(=O)NCCCN2CCOCC2)o1. The van der Waals surface area contributed by atoms with Gasteiger partial charge in [0.25, 0.3) is 10.0 Å². The van der Waals surface area contributed by atoms with E-state index in [1.165, 1.54) is 6.07 Å². The van der Waals surface area contributed by atoms with E-state index < -0.39 is 10.0 Å². The van der Waals surface area contributed by atoms with E-state index in [4.69, 9.17) is 14.9 Å². The van der Waals surface area contributed by atoms with E-state index >= 15 is 0 Å². The Kier molecular flexibility index (Phi) is 5.55. The molecule has 7 nitrogen and oxygen atoms in total. The average Bonchev–Trinajstić information content (AvgIpc) is 2.95. The maximum atomic E-state index is 11.9. The number of rotatable bonds is 7. The smallest absolute Gasteiger partial charge is 0.273 e. The Morgan fingerprint density at radius 2 is 2.05 bits per heavy atom. The van der Waals surface area contributed by atoms with Crippen LogP contribution in [0.3, 0.4) is 0 Å².